The van der Waals surface area contributed by atoms with E-state index in [9.17, 15) is 4.79 Å². The van der Waals surface area contributed by atoms with E-state index in [1.54, 1.807) is 0 Å². The fraction of sp³-hybridized carbons (Fsp3) is 0.786. The maximum atomic E-state index is 10.6. The van der Waals surface area contributed by atoms with Gasteiger partial charge in [-0.15, -0.1) is 0 Å². The predicted molar refractivity (Wildman–Crippen MR) is 70.5 cm³/mol. The Morgan fingerprint density at radius 3 is 1.89 bits per heavy atom. The number of carboxylic acids is 1. The van der Waals surface area contributed by atoms with Gasteiger partial charge in [-0.3, -0.25) is 4.79 Å². The topological polar surface area (TPSA) is 98.0 Å². The third kappa shape index (κ3) is 3.78. The minimum absolute atomic E-state index is 0.0741. The molecule has 1 fully saturated rings. The Bertz CT molecular complexity index is 304. The SMILES string of the molecule is CCC(CO)(CO)CO.O=C(O)C1CC2C=CC1C2. The monoisotopic (exact) mass is 272 g/mol. The minimum Gasteiger partial charge on any atom is -0.481 e. The maximum Gasteiger partial charge on any atom is 0.307 e. The molecule has 0 radical (unpaired) electrons. The lowest BCUT2D eigenvalue weighted by Crippen LogP contribution is -2.32. The molecule has 0 heterocycles. The fourth-order valence-electron chi connectivity index (χ4n) is 2.55. The molecule has 1 saturated carbocycles. The van der Waals surface area contributed by atoms with E-state index in [2.05, 4.69) is 12.2 Å². The summed E-state index contributed by atoms with van der Waals surface area (Å²) in [6.45, 7) is 1.35. The van der Waals surface area contributed by atoms with Crippen LogP contribution in [0.4, 0.5) is 0 Å². The van der Waals surface area contributed by atoms with E-state index < -0.39 is 11.4 Å². The van der Waals surface area contributed by atoms with Crippen LogP contribution in [0.25, 0.3) is 0 Å². The Balaban J connectivity index is 0.000000192. The molecule has 0 aromatic carbocycles. The van der Waals surface area contributed by atoms with Gasteiger partial charge in [0.25, 0.3) is 0 Å². The summed E-state index contributed by atoms with van der Waals surface area (Å²) in [5.41, 5.74) is -0.667. The van der Waals surface area contributed by atoms with Crippen LogP contribution in [0.5, 0.6) is 0 Å². The number of aliphatic carboxylic acids is 1. The van der Waals surface area contributed by atoms with Crippen molar-refractivity contribution >= 4 is 5.97 Å². The van der Waals surface area contributed by atoms with Gasteiger partial charge < -0.3 is 20.4 Å². The summed E-state index contributed by atoms with van der Waals surface area (Å²) in [7, 11) is 0. The number of hydrogen-bond acceptors (Lipinski definition) is 4. The van der Waals surface area contributed by atoms with Crippen LogP contribution < -0.4 is 0 Å². The van der Waals surface area contributed by atoms with Crippen molar-refractivity contribution in [2.45, 2.75) is 26.2 Å². The van der Waals surface area contributed by atoms with Crippen LogP contribution in [-0.2, 0) is 4.79 Å². The summed E-state index contributed by atoms with van der Waals surface area (Å²) < 4.78 is 0. The zero-order valence-corrected chi connectivity index (χ0v) is 11.3. The zero-order valence-electron chi connectivity index (χ0n) is 11.3. The summed E-state index contributed by atoms with van der Waals surface area (Å²) in [5, 5.41) is 34.7. The van der Waals surface area contributed by atoms with E-state index in [0.717, 1.165) is 12.8 Å². The van der Waals surface area contributed by atoms with E-state index >= 15 is 0 Å². The molecule has 0 saturated heterocycles. The van der Waals surface area contributed by atoms with Gasteiger partial charge in [0.2, 0.25) is 0 Å². The second-order valence-corrected chi connectivity index (χ2v) is 5.55. The van der Waals surface area contributed by atoms with Gasteiger partial charge in [-0.2, -0.15) is 0 Å². The molecule has 110 valence electrons. The number of hydrogen-bond donors (Lipinski definition) is 4. The molecule has 0 amide bonds. The molecule has 3 unspecified atom stereocenters. The van der Waals surface area contributed by atoms with E-state index in [1.807, 2.05) is 6.92 Å². The molecule has 19 heavy (non-hydrogen) atoms. The van der Waals surface area contributed by atoms with E-state index in [4.69, 9.17) is 20.4 Å². The summed E-state index contributed by atoms with van der Waals surface area (Å²) in [6.07, 6.45) is 6.76. The molecule has 0 aromatic heterocycles. The second-order valence-electron chi connectivity index (χ2n) is 5.55. The standard InChI is InChI=1S/C8H10O2.C6H14O3/c9-8(10)7-4-5-1-2-6(7)3-5;1-2-6(3-7,4-8)5-9/h1-2,5-7H,3-4H2,(H,9,10);7-9H,2-5H2,1H3. The van der Waals surface area contributed by atoms with Crippen molar-refractivity contribution in [1.82, 2.24) is 0 Å². The van der Waals surface area contributed by atoms with Crippen LogP contribution in [0.1, 0.15) is 26.2 Å². The Morgan fingerprint density at radius 2 is 1.74 bits per heavy atom. The van der Waals surface area contributed by atoms with Crippen LogP contribution >= 0.6 is 0 Å². The number of aliphatic hydroxyl groups excluding tert-OH is 3. The lowest BCUT2D eigenvalue weighted by molar-refractivity contribution is -0.142. The van der Waals surface area contributed by atoms with Crippen molar-refractivity contribution < 1.29 is 25.2 Å². The molecule has 0 aromatic rings. The average Bonchev–Trinajstić information content (AvgIpc) is 3.05. The minimum atomic E-state index is -0.667. The van der Waals surface area contributed by atoms with Gasteiger partial charge in [0, 0.05) is 5.41 Å². The highest BCUT2D eigenvalue weighted by Crippen LogP contribution is 2.43. The molecule has 4 N–H and O–H groups in total. The van der Waals surface area contributed by atoms with Crippen molar-refractivity contribution in [3.8, 4) is 0 Å². The number of rotatable bonds is 5. The molecule has 3 atom stereocenters. The number of carbonyl (C=O) groups is 1. The zero-order chi connectivity index (χ0) is 14.5. The first kappa shape index (κ1) is 16.1. The normalized spacial score (nSPS) is 28.1. The van der Waals surface area contributed by atoms with Gasteiger partial charge in [0.05, 0.1) is 25.7 Å². The molecule has 0 aliphatic heterocycles. The molecule has 2 rings (SSSR count). The van der Waals surface area contributed by atoms with Gasteiger partial charge >= 0.3 is 5.97 Å². The number of carboxylic acid groups (broad SMARTS) is 1. The predicted octanol–water partition coefficient (Wildman–Crippen LogP) is 0.643. The Hall–Kier alpha value is -0.910. The molecular weight excluding hydrogens is 248 g/mol. The van der Waals surface area contributed by atoms with Crippen molar-refractivity contribution in [1.29, 1.82) is 0 Å². The second kappa shape index (κ2) is 7.03. The molecule has 5 nitrogen and oxygen atoms in total. The summed E-state index contributed by atoms with van der Waals surface area (Å²) in [4.78, 5) is 10.6. The highest BCUT2D eigenvalue weighted by Gasteiger charge is 2.39. The lowest BCUT2D eigenvalue weighted by Gasteiger charge is -2.24. The maximum absolute atomic E-state index is 10.6. The largest absolute Gasteiger partial charge is 0.481 e. The quantitative estimate of drug-likeness (QED) is 0.551. The van der Waals surface area contributed by atoms with Crippen LogP contribution in [0.3, 0.4) is 0 Å². The first-order valence-electron chi connectivity index (χ1n) is 6.75. The smallest absolute Gasteiger partial charge is 0.307 e. The number of aliphatic hydroxyl groups is 3. The first-order chi connectivity index (χ1) is 9.01. The van der Waals surface area contributed by atoms with E-state index in [0.29, 0.717) is 18.3 Å². The van der Waals surface area contributed by atoms with Crippen LogP contribution in [0.2, 0.25) is 0 Å². The molecule has 5 heteroatoms. The van der Waals surface area contributed by atoms with Crippen LogP contribution in [0.15, 0.2) is 12.2 Å². The highest BCUT2D eigenvalue weighted by molar-refractivity contribution is 5.71. The van der Waals surface area contributed by atoms with Crippen molar-refractivity contribution in [2.24, 2.45) is 23.2 Å². The summed E-state index contributed by atoms with van der Waals surface area (Å²) >= 11 is 0. The van der Waals surface area contributed by atoms with Crippen LogP contribution in [0, 0.1) is 23.2 Å². The van der Waals surface area contributed by atoms with Gasteiger partial charge in [0.1, 0.15) is 0 Å². The highest BCUT2D eigenvalue weighted by atomic mass is 16.4. The molecule has 2 bridgehead atoms. The fourth-order valence-corrected chi connectivity index (χ4v) is 2.55. The third-order valence-corrected chi connectivity index (χ3v) is 4.35. The molecular formula is C14H24O5. The third-order valence-electron chi connectivity index (χ3n) is 4.35. The van der Waals surface area contributed by atoms with Crippen LogP contribution in [-0.4, -0.2) is 46.2 Å². The van der Waals surface area contributed by atoms with Gasteiger partial charge in [0.15, 0.2) is 0 Å². The molecule has 2 aliphatic rings. The van der Waals surface area contributed by atoms with Crippen molar-refractivity contribution in [2.75, 3.05) is 19.8 Å². The Morgan fingerprint density at radius 1 is 1.16 bits per heavy atom. The molecule has 2 aliphatic carbocycles. The lowest BCUT2D eigenvalue weighted by atomic mass is 9.88. The number of allylic oxidation sites excluding steroid dienone is 2. The molecule has 0 spiro atoms. The average molecular weight is 272 g/mol. The van der Waals surface area contributed by atoms with Crippen molar-refractivity contribution in [3.63, 3.8) is 0 Å². The van der Waals surface area contributed by atoms with Gasteiger partial charge in [-0.25, -0.2) is 0 Å². The Labute approximate surface area is 113 Å². The van der Waals surface area contributed by atoms with Crippen molar-refractivity contribution in [3.05, 3.63) is 12.2 Å². The van der Waals surface area contributed by atoms with Gasteiger partial charge in [-0.05, 0) is 31.1 Å². The first-order valence-corrected chi connectivity index (χ1v) is 6.75. The summed E-state index contributed by atoms with van der Waals surface area (Å²) in [6, 6.07) is 0. The Kier molecular flexibility index (Phi) is 5.97. The summed E-state index contributed by atoms with van der Waals surface area (Å²) in [5.74, 6) is 0.237. The van der Waals surface area contributed by atoms with E-state index in [1.165, 1.54) is 0 Å². The van der Waals surface area contributed by atoms with Gasteiger partial charge in [-0.1, -0.05) is 19.1 Å². The number of fused-ring (bicyclic) bond motifs is 2. The van der Waals surface area contributed by atoms with E-state index in [-0.39, 0.29) is 25.7 Å².